The molecule has 10 heteroatoms. The molecule has 0 aliphatic rings. The summed E-state index contributed by atoms with van der Waals surface area (Å²) >= 11 is 0. The fourth-order valence-corrected chi connectivity index (χ4v) is 9.79. The van der Waals surface area contributed by atoms with Crippen molar-refractivity contribution in [2.75, 3.05) is 47.5 Å². The van der Waals surface area contributed by atoms with Crippen LogP contribution >= 0.6 is 7.82 Å². The first-order chi connectivity index (χ1) is 41.0. The predicted molar refractivity (Wildman–Crippen MR) is 362 cm³/mol. The third-order valence-electron chi connectivity index (χ3n) is 14.2. The second-order valence-electron chi connectivity index (χ2n) is 23.4. The number of hydrogen-bond donors (Lipinski definition) is 1. The number of rotatable bonds is 61. The molecule has 2 unspecified atom stereocenters. The van der Waals surface area contributed by atoms with Gasteiger partial charge < -0.3 is 18.9 Å². The third kappa shape index (κ3) is 67.3. The van der Waals surface area contributed by atoms with Gasteiger partial charge >= 0.3 is 19.8 Å². The van der Waals surface area contributed by atoms with Gasteiger partial charge in [-0.15, -0.1) is 0 Å². The minimum absolute atomic E-state index is 0.0248. The number of nitrogens with zero attached hydrogens (tertiary/aromatic N) is 1. The van der Waals surface area contributed by atoms with Crippen LogP contribution in [0.2, 0.25) is 0 Å². The van der Waals surface area contributed by atoms with Crippen molar-refractivity contribution in [3.63, 3.8) is 0 Å². The van der Waals surface area contributed by atoms with Crippen LogP contribution in [-0.2, 0) is 32.7 Å². The van der Waals surface area contributed by atoms with E-state index < -0.39 is 26.5 Å². The van der Waals surface area contributed by atoms with E-state index in [4.69, 9.17) is 18.5 Å². The van der Waals surface area contributed by atoms with E-state index in [1.54, 1.807) is 0 Å². The van der Waals surface area contributed by atoms with E-state index in [1.807, 2.05) is 21.1 Å². The summed E-state index contributed by atoms with van der Waals surface area (Å²) in [5, 5.41) is 0. The van der Waals surface area contributed by atoms with Crippen LogP contribution in [-0.4, -0.2) is 74.9 Å². The molecule has 0 bridgehead atoms. The van der Waals surface area contributed by atoms with Gasteiger partial charge in [0.2, 0.25) is 0 Å². The largest absolute Gasteiger partial charge is 0.472 e. The first-order valence-corrected chi connectivity index (χ1v) is 35.4. The molecule has 0 spiro atoms. The number of phosphoric ester groups is 1. The van der Waals surface area contributed by atoms with Gasteiger partial charge in [0.15, 0.2) is 6.10 Å². The van der Waals surface area contributed by atoms with E-state index in [0.717, 1.165) is 116 Å². The Balaban J connectivity index is 4.11. The molecule has 9 nitrogen and oxygen atoms in total. The van der Waals surface area contributed by atoms with Crippen molar-refractivity contribution in [2.24, 2.45) is 0 Å². The second kappa shape index (κ2) is 63.6. The molecule has 0 heterocycles. The molecule has 0 aliphatic carbocycles. The van der Waals surface area contributed by atoms with Gasteiger partial charge in [-0.1, -0.05) is 282 Å². The van der Waals surface area contributed by atoms with E-state index in [-0.39, 0.29) is 32.0 Å². The Hall–Kier alpha value is -3.85. The summed E-state index contributed by atoms with van der Waals surface area (Å²) in [5.41, 5.74) is 0. The number of hydrogen-bond acceptors (Lipinski definition) is 7. The fourth-order valence-electron chi connectivity index (χ4n) is 9.05. The summed E-state index contributed by atoms with van der Waals surface area (Å²) in [5.74, 6) is -0.805. The predicted octanol–water partition coefficient (Wildman–Crippen LogP) is 22.0. The molecule has 0 saturated heterocycles. The molecule has 0 fully saturated rings. The van der Waals surface area contributed by atoms with Crippen molar-refractivity contribution in [2.45, 2.75) is 277 Å². The Labute approximate surface area is 517 Å². The molecule has 0 saturated carbocycles. The number of carbonyl (C=O) groups is 2. The summed E-state index contributed by atoms with van der Waals surface area (Å²) in [6.45, 7) is 4.21. The topological polar surface area (TPSA) is 108 Å². The summed E-state index contributed by atoms with van der Waals surface area (Å²) in [6, 6.07) is 0. The first kappa shape index (κ1) is 80.2. The maximum absolute atomic E-state index is 12.9. The van der Waals surface area contributed by atoms with Gasteiger partial charge in [-0.3, -0.25) is 18.6 Å². The highest BCUT2D eigenvalue weighted by molar-refractivity contribution is 7.47. The summed E-state index contributed by atoms with van der Waals surface area (Å²) < 4.78 is 34.7. The minimum atomic E-state index is -4.40. The molecule has 84 heavy (non-hydrogen) atoms. The molecule has 2 atom stereocenters. The lowest BCUT2D eigenvalue weighted by Crippen LogP contribution is -2.37. The van der Waals surface area contributed by atoms with Gasteiger partial charge in [0, 0.05) is 12.8 Å². The monoisotopic (exact) mass is 1190 g/mol. The number of esters is 2. The molecule has 0 aromatic carbocycles. The Morgan fingerprint density at radius 3 is 0.952 bits per heavy atom. The van der Waals surface area contributed by atoms with Gasteiger partial charge in [-0.2, -0.15) is 0 Å². The third-order valence-corrected chi connectivity index (χ3v) is 15.2. The van der Waals surface area contributed by atoms with Gasteiger partial charge in [-0.25, -0.2) is 4.57 Å². The molecule has 0 rings (SSSR count). The molecular formula is C74H127NO8P+. The molecule has 0 aliphatic heterocycles. The second-order valence-corrected chi connectivity index (χ2v) is 24.9. The highest BCUT2D eigenvalue weighted by Gasteiger charge is 2.27. The Bertz CT molecular complexity index is 1880. The lowest BCUT2D eigenvalue weighted by Gasteiger charge is -2.24. The van der Waals surface area contributed by atoms with Gasteiger partial charge in [0.05, 0.1) is 27.7 Å². The number of unbranched alkanes of at least 4 members (excludes halogenated alkanes) is 25. The number of allylic oxidation sites excluding steroid dienone is 22. The molecule has 0 amide bonds. The van der Waals surface area contributed by atoms with Crippen LogP contribution in [0.25, 0.3) is 0 Å². The highest BCUT2D eigenvalue weighted by Crippen LogP contribution is 2.43. The molecule has 0 radical (unpaired) electrons. The van der Waals surface area contributed by atoms with Crippen molar-refractivity contribution in [3.05, 3.63) is 134 Å². The van der Waals surface area contributed by atoms with Crippen LogP contribution in [0, 0.1) is 0 Å². The minimum Gasteiger partial charge on any atom is -0.462 e. The number of carbonyl (C=O) groups excluding carboxylic acids is 2. The number of ether oxygens (including phenoxy) is 2. The molecule has 1 N–H and O–H groups in total. The van der Waals surface area contributed by atoms with Crippen LogP contribution in [0.3, 0.4) is 0 Å². The van der Waals surface area contributed by atoms with Crippen molar-refractivity contribution in [1.82, 2.24) is 0 Å². The average molecular weight is 1190 g/mol. The number of phosphoric acid groups is 1. The van der Waals surface area contributed by atoms with Crippen molar-refractivity contribution in [3.8, 4) is 0 Å². The number of quaternary nitrogens is 1. The lowest BCUT2D eigenvalue weighted by molar-refractivity contribution is -0.870. The Morgan fingerprint density at radius 2 is 0.643 bits per heavy atom. The van der Waals surface area contributed by atoms with Gasteiger partial charge in [0.1, 0.15) is 19.8 Å². The maximum Gasteiger partial charge on any atom is 0.472 e. The molecule has 0 aromatic rings. The molecular weight excluding hydrogens is 1060 g/mol. The average Bonchev–Trinajstić information content (AvgIpc) is 3.61. The Kier molecular flexibility index (Phi) is 60.7. The van der Waals surface area contributed by atoms with Crippen molar-refractivity contribution < 1.29 is 42.1 Å². The van der Waals surface area contributed by atoms with Crippen LogP contribution in [0.4, 0.5) is 0 Å². The van der Waals surface area contributed by atoms with E-state index in [2.05, 4.69) is 148 Å². The smallest absolute Gasteiger partial charge is 0.462 e. The van der Waals surface area contributed by atoms with Crippen molar-refractivity contribution >= 4 is 19.8 Å². The van der Waals surface area contributed by atoms with Crippen LogP contribution in [0.15, 0.2) is 134 Å². The van der Waals surface area contributed by atoms with Crippen LogP contribution in [0.1, 0.15) is 271 Å². The maximum atomic E-state index is 12.9. The zero-order valence-electron chi connectivity index (χ0n) is 54.6. The molecule has 480 valence electrons. The van der Waals surface area contributed by atoms with E-state index >= 15 is 0 Å². The summed E-state index contributed by atoms with van der Waals surface area (Å²) in [7, 11) is 1.46. The molecule has 0 aromatic heterocycles. The summed E-state index contributed by atoms with van der Waals surface area (Å²) in [4.78, 5) is 35.9. The fraction of sp³-hybridized carbons (Fsp3) is 0.676. The highest BCUT2D eigenvalue weighted by atomic mass is 31.2. The van der Waals surface area contributed by atoms with Crippen molar-refractivity contribution in [1.29, 1.82) is 0 Å². The van der Waals surface area contributed by atoms with Gasteiger partial charge in [-0.05, 0) is 109 Å². The zero-order chi connectivity index (χ0) is 61.2. The Morgan fingerprint density at radius 1 is 0.369 bits per heavy atom. The van der Waals surface area contributed by atoms with E-state index in [1.165, 1.54) is 122 Å². The SMILES string of the molecule is CC/C=C\C/C=C\C/C=C\C/C=C\C/C=C\C/C=C\C/C=C\CCCCCCCCCCCC(=O)OC(COC(=O)CCCCCCCCCCCCCCCCCC/C=C\C/C=C\C/C=C\C/C=C\CC)COP(=O)(O)OCC[N+](C)(C)C. The van der Waals surface area contributed by atoms with E-state index in [0.29, 0.717) is 17.4 Å². The first-order valence-electron chi connectivity index (χ1n) is 33.9. The number of likely N-dealkylation sites (N-methyl/N-ethyl adjacent to an activating group) is 1. The normalized spacial score (nSPS) is 14.0. The van der Waals surface area contributed by atoms with Crippen LogP contribution in [0.5, 0.6) is 0 Å². The summed E-state index contributed by atoms with van der Waals surface area (Å²) in [6.07, 6.45) is 92.5. The quantitative estimate of drug-likeness (QED) is 0.0211. The standard InChI is InChI=1S/C74H126NO8P/c1-6-8-10-12-14-16-18-20-22-24-26-28-30-32-34-36-37-39-41-43-45-47-49-51-53-55-57-59-61-63-65-67-74(77)83-72(71-82-84(78,79)81-69-68-75(3,4)5)70-80-73(76)66-64-62-60-58-56-54-52-50-48-46-44-42-40-38-35-33-31-29-27-25-23-21-19-17-15-13-11-9-7-2/h8-11,14-17,20-23,26-29,32,34,37,39,43,45,72H,6-7,12-13,18-19,24-25,30-31,33,35-36,38,40-42,44,46-71H2,1-5H3/p+1/b10-8-,11-9-,16-14-,17-15-,22-20-,23-21-,28-26-,29-27-,34-32-,39-37-,45-43-. The zero-order valence-corrected chi connectivity index (χ0v) is 55.5. The van der Waals surface area contributed by atoms with Crippen LogP contribution < -0.4 is 0 Å². The van der Waals surface area contributed by atoms with E-state index in [9.17, 15) is 19.0 Å². The van der Waals surface area contributed by atoms with Gasteiger partial charge in [0.25, 0.3) is 0 Å². The lowest BCUT2D eigenvalue weighted by atomic mass is 10.0.